The number of hydrogen-bond donors (Lipinski definition) is 4. The Morgan fingerprint density at radius 1 is 1.17 bits per heavy atom. The fourth-order valence-corrected chi connectivity index (χ4v) is 3.89. The van der Waals surface area contributed by atoms with E-state index < -0.39 is 22.1 Å². The number of carbonyl (C=O) groups excluding carboxylic acids is 1. The summed E-state index contributed by atoms with van der Waals surface area (Å²) in [5.74, 6) is -0.727. The van der Waals surface area contributed by atoms with Gasteiger partial charge in [0.1, 0.15) is 0 Å². The average Bonchev–Trinajstić information content (AvgIpc) is 2.64. The number of nitrogens with one attached hydrogen (secondary N) is 2. The molecule has 0 aliphatic heterocycles. The van der Waals surface area contributed by atoms with Gasteiger partial charge < -0.3 is 38.2 Å². The molecule has 0 aliphatic carbocycles. The van der Waals surface area contributed by atoms with Crippen molar-refractivity contribution in [2.45, 2.75) is 18.0 Å². The number of rotatable bonds is 8. The Balaban J connectivity index is 0.00000450. The molecule has 0 fully saturated rings. The molecule has 1 amide bonds. The molecule has 1 aromatic carbocycles. The zero-order valence-corrected chi connectivity index (χ0v) is 19.9. The Morgan fingerprint density at radius 2 is 1.77 bits per heavy atom. The van der Waals surface area contributed by atoms with Crippen LogP contribution < -0.4 is 38.5 Å². The van der Waals surface area contributed by atoms with E-state index in [9.17, 15) is 13.2 Å². The second kappa shape index (κ2) is 10.4. The molecule has 30 heavy (non-hydrogen) atoms. The molecule has 1 heterocycles. The van der Waals surface area contributed by atoms with E-state index >= 15 is 0 Å². The van der Waals surface area contributed by atoms with Crippen LogP contribution in [0.1, 0.15) is 17.4 Å². The van der Waals surface area contributed by atoms with E-state index in [2.05, 4.69) is 20.0 Å². The lowest BCUT2D eigenvalue weighted by Crippen LogP contribution is -3.00. The van der Waals surface area contributed by atoms with Gasteiger partial charge in [0.05, 0.1) is 32.1 Å². The maximum atomic E-state index is 12.5. The zero-order valence-electron chi connectivity index (χ0n) is 16.8. The highest BCUT2D eigenvalue weighted by Crippen LogP contribution is 2.17. The van der Waals surface area contributed by atoms with Crippen molar-refractivity contribution in [1.82, 2.24) is 20.0 Å². The van der Waals surface area contributed by atoms with E-state index in [1.165, 1.54) is 12.1 Å². The lowest BCUT2D eigenvalue weighted by molar-refractivity contribution is -0.913. The predicted molar refractivity (Wildman–Crippen MR) is 111 cm³/mol. The average molecular weight is 523 g/mol. The first-order chi connectivity index (χ1) is 13.4. The van der Waals surface area contributed by atoms with Crippen LogP contribution in [0.5, 0.6) is 0 Å². The summed E-state index contributed by atoms with van der Waals surface area (Å²) in [6.45, 7) is 2.43. The highest BCUT2D eigenvalue weighted by molar-refractivity contribution is 7.89. The molecule has 10 nitrogen and oxygen atoms in total. The third-order valence-corrected chi connectivity index (χ3v) is 6.34. The van der Waals surface area contributed by atoms with Crippen molar-refractivity contribution < 1.29 is 34.7 Å². The van der Waals surface area contributed by atoms with Crippen molar-refractivity contribution in [2.75, 3.05) is 38.7 Å². The van der Waals surface area contributed by atoms with Crippen LogP contribution in [0, 0.1) is 0 Å². The van der Waals surface area contributed by atoms with Crippen LogP contribution in [0.2, 0.25) is 5.15 Å². The van der Waals surface area contributed by atoms with Crippen LogP contribution in [0.25, 0.3) is 0 Å². The van der Waals surface area contributed by atoms with Crippen LogP contribution in [0.3, 0.4) is 0 Å². The normalized spacial score (nSPS) is 12.7. The Labute approximate surface area is 191 Å². The summed E-state index contributed by atoms with van der Waals surface area (Å²) < 4.78 is 28.0. The minimum absolute atomic E-state index is 0. The first kappa shape index (κ1) is 26.0. The van der Waals surface area contributed by atoms with Crippen molar-refractivity contribution in [3.63, 3.8) is 0 Å². The monoisotopic (exact) mass is 521 g/mol. The molecule has 1 atom stereocenters. The number of carbonyl (C=O) groups is 1. The van der Waals surface area contributed by atoms with Gasteiger partial charge in [-0.2, -0.15) is 4.72 Å². The number of quaternary nitrogens is 1. The minimum Gasteiger partial charge on any atom is -1.00 e. The van der Waals surface area contributed by atoms with Gasteiger partial charge in [-0.05, 0) is 12.1 Å². The molecule has 166 valence electrons. The smallest absolute Gasteiger partial charge is 0.273 e. The Bertz CT molecular complexity index is 990. The predicted octanol–water partition coefficient (Wildman–Crippen LogP) is -2.57. The third kappa shape index (κ3) is 6.51. The number of amides is 1. The molecule has 1 aromatic heterocycles. The number of nitrogen functional groups attached to an aromatic ring is 2. The Morgan fingerprint density at radius 3 is 2.37 bits per heavy atom. The topological polar surface area (TPSA) is 153 Å². The Kier molecular flexibility index (Phi) is 8.99. The third-order valence-electron chi connectivity index (χ3n) is 4.52. The summed E-state index contributed by atoms with van der Waals surface area (Å²) in [6.07, 6.45) is -0.451. The van der Waals surface area contributed by atoms with Gasteiger partial charge in [0, 0.05) is 6.92 Å². The largest absolute Gasteiger partial charge is 1.00 e. The number of anilines is 2. The number of hydrogen-bond acceptors (Lipinski definition) is 7. The highest BCUT2D eigenvalue weighted by atomic mass is 79.9. The highest BCUT2D eigenvalue weighted by Gasteiger charge is 2.29. The molecule has 2 aromatic rings. The van der Waals surface area contributed by atoms with E-state index in [1.54, 1.807) is 25.1 Å². The first-order valence-electron chi connectivity index (χ1n) is 8.71. The number of nitrogens with zero attached hydrogens (tertiary/aromatic N) is 3. The van der Waals surface area contributed by atoms with Gasteiger partial charge in [-0.3, -0.25) is 4.79 Å². The lowest BCUT2D eigenvalue weighted by atomic mass is 10.3. The van der Waals surface area contributed by atoms with Gasteiger partial charge in [0.2, 0.25) is 10.0 Å². The molecule has 0 radical (unpaired) electrons. The van der Waals surface area contributed by atoms with E-state index in [1.807, 2.05) is 14.1 Å². The molecule has 1 unspecified atom stereocenters. The number of likely N-dealkylation sites (N-methyl/N-ethyl adjacent to an activating group) is 1. The summed E-state index contributed by atoms with van der Waals surface area (Å²) in [6, 6.07) is 8.12. The van der Waals surface area contributed by atoms with Gasteiger partial charge >= 0.3 is 0 Å². The van der Waals surface area contributed by atoms with Gasteiger partial charge in [0.25, 0.3) is 5.91 Å². The van der Waals surface area contributed by atoms with Crippen LogP contribution in [-0.4, -0.2) is 62.1 Å². The van der Waals surface area contributed by atoms with Crippen molar-refractivity contribution >= 4 is 39.2 Å². The van der Waals surface area contributed by atoms with E-state index in [0.717, 1.165) is 0 Å². The maximum Gasteiger partial charge on any atom is 0.273 e. The summed E-state index contributed by atoms with van der Waals surface area (Å²) in [7, 11) is 0.0359. The maximum absolute atomic E-state index is 12.5. The molecule has 2 rings (SSSR count). The molecule has 0 aliphatic rings. The number of sulfonamides is 1. The first-order valence-corrected chi connectivity index (χ1v) is 10.6. The van der Waals surface area contributed by atoms with Gasteiger partial charge in [-0.15, -0.1) is 0 Å². The number of nitrogens with two attached hydrogens (primary N) is 2. The SMILES string of the molecule is CC(NS(=O)(=O)c1ccccc1)[N+](C)(C)CCNC(=O)c1nc(Cl)c(N)nc1N.[Br-]. The van der Waals surface area contributed by atoms with Crippen molar-refractivity contribution in [3.8, 4) is 0 Å². The summed E-state index contributed by atoms with van der Waals surface area (Å²) in [5.41, 5.74) is 11.0. The number of halogens is 2. The van der Waals surface area contributed by atoms with Crippen LogP contribution in [0.4, 0.5) is 11.6 Å². The van der Waals surface area contributed by atoms with Crippen molar-refractivity contribution in [1.29, 1.82) is 0 Å². The second-order valence-electron chi connectivity index (χ2n) is 7.00. The number of aromatic nitrogens is 2. The molecule has 13 heteroatoms. The standard InChI is InChI=1S/C17H24ClN7O3S.BrH/c1-11(24-29(27,28)12-7-5-4-6-8-12)25(2,3)10-9-21-17(26)13-15(19)23-16(20)14(18)22-13;/h4-8,11,24H,9-10H2,1-3H3,(H4-,19,20,21,23,26);1H. The molecule has 6 N–H and O–H groups in total. The van der Waals surface area contributed by atoms with E-state index in [-0.39, 0.29) is 55.4 Å². The quantitative estimate of drug-likeness (QED) is 0.219. The zero-order chi connectivity index (χ0) is 21.8. The molecular formula is C17H25BrClN7O3S. The van der Waals surface area contributed by atoms with E-state index in [0.29, 0.717) is 6.54 Å². The van der Waals surface area contributed by atoms with Crippen LogP contribution in [-0.2, 0) is 10.0 Å². The lowest BCUT2D eigenvalue weighted by Gasteiger charge is -2.36. The van der Waals surface area contributed by atoms with Crippen molar-refractivity contribution in [3.05, 3.63) is 41.2 Å². The fourth-order valence-electron chi connectivity index (χ4n) is 2.38. The van der Waals surface area contributed by atoms with Gasteiger partial charge in [-0.1, -0.05) is 29.8 Å². The van der Waals surface area contributed by atoms with Gasteiger partial charge in [0.15, 0.2) is 28.6 Å². The van der Waals surface area contributed by atoms with Crippen LogP contribution in [0.15, 0.2) is 35.2 Å². The molecular weight excluding hydrogens is 498 g/mol. The van der Waals surface area contributed by atoms with E-state index in [4.69, 9.17) is 23.1 Å². The fraction of sp³-hybridized carbons (Fsp3) is 0.353. The summed E-state index contributed by atoms with van der Waals surface area (Å²) in [4.78, 5) is 20.1. The number of benzene rings is 1. The second-order valence-corrected chi connectivity index (χ2v) is 9.07. The molecule has 0 spiro atoms. The van der Waals surface area contributed by atoms with Crippen LogP contribution >= 0.6 is 11.6 Å². The van der Waals surface area contributed by atoms with Gasteiger partial charge in [-0.25, -0.2) is 18.4 Å². The molecule has 0 saturated heterocycles. The molecule has 0 saturated carbocycles. The molecule has 0 bridgehead atoms. The Hall–Kier alpha value is -1.99. The summed E-state index contributed by atoms with van der Waals surface area (Å²) in [5, 5.41) is 2.57. The van der Waals surface area contributed by atoms with Crippen molar-refractivity contribution in [2.24, 2.45) is 0 Å². The summed E-state index contributed by atoms with van der Waals surface area (Å²) >= 11 is 5.79. The minimum atomic E-state index is -3.66.